The third-order valence-electron chi connectivity index (χ3n) is 3.19. The van der Waals surface area contributed by atoms with E-state index in [0.29, 0.717) is 22.4 Å². The number of carbonyl (C=O) groups is 1. The highest BCUT2D eigenvalue weighted by atomic mass is 35.5. The molecule has 0 aliphatic rings. The summed E-state index contributed by atoms with van der Waals surface area (Å²) in [6.45, 7) is 1.09. The molecule has 0 aliphatic carbocycles. The fourth-order valence-corrected chi connectivity index (χ4v) is 2.95. The molecule has 1 heterocycles. The quantitative estimate of drug-likeness (QED) is 0.768. The topological polar surface area (TPSA) is 46.4 Å². The Labute approximate surface area is 150 Å². The van der Waals surface area contributed by atoms with Crippen molar-refractivity contribution in [2.24, 2.45) is 0 Å². The Balaban J connectivity index is 1.88. The van der Waals surface area contributed by atoms with E-state index in [-0.39, 0.29) is 5.91 Å². The maximum atomic E-state index is 12.1. The second kappa shape index (κ2) is 8.55. The molecule has 0 bridgehead atoms. The first kappa shape index (κ1) is 18.1. The van der Waals surface area contributed by atoms with Gasteiger partial charge >= 0.3 is 0 Å². The van der Waals surface area contributed by atoms with Gasteiger partial charge in [0.25, 0.3) is 5.91 Å². The van der Waals surface area contributed by atoms with Crippen LogP contribution in [-0.4, -0.2) is 30.7 Å². The first-order valence-electron chi connectivity index (χ1n) is 7.03. The largest absolute Gasteiger partial charge is 0.326 e. The highest BCUT2D eigenvalue weighted by molar-refractivity contribution is 7.98. The lowest BCUT2D eigenvalue weighted by atomic mass is 10.2. The van der Waals surface area contributed by atoms with Crippen molar-refractivity contribution >= 4 is 46.7 Å². The van der Waals surface area contributed by atoms with Gasteiger partial charge in [-0.1, -0.05) is 35.3 Å². The fourth-order valence-electron chi connectivity index (χ4n) is 2.11. The molecular weight excluding hydrogens is 353 g/mol. The summed E-state index contributed by atoms with van der Waals surface area (Å²) < 4.78 is 0. The van der Waals surface area contributed by atoms with Crippen molar-refractivity contribution in [2.75, 3.05) is 25.2 Å². The van der Waals surface area contributed by atoms with Crippen molar-refractivity contribution in [1.82, 2.24) is 4.98 Å². The van der Waals surface area contributed by atoms with Crippen LogP contribution in [0.5, 0.6) is 0 Å². The zero-order valence-electron chi connectivity index (χ0n) is 12.9. The van der Waals surface area contributed by atoms with Gasteiger partial charge in [0.2, 0.25) is 0 Å². The van der Waals surface area contributed by atoms with Gasteiger partial charge in [-0.15, -0.1) is 11.8 Å². The summed E-state index contributed by atoms with van der Waals surface area (Å²) >= 11 is 13.5. The molecule has 1 aromatic heterocycles. The van der Waals surface area contributed by atoms with Crippen LogP contribution < -0.4 is 10.2 Å². The number of quaternary nitrogens is 1. The van der Waals surface area contributed by atoms with E-state index in [4.69, 9.17) is 23.2 Å². The van der Waals surface area contributed by atoms with E-state index in [1.165, 1.54) is 16.7 Å². The highest BCUT2D eigenvalue weighted by Crippen LogP contribution is 2.22. The van der Waals surface area contributed by atoms with Gasteiger partial charge < -0.3 is 10.2 Å². The third kappa shape index (κ3) is 5.70. The summed E-state index contributed by atoms with van der Waals surface area (Å²) in [5.41, 5.74) is 1.19. The van der Waals surface area contributed by atoms with Crippen LogP contribution >= 0.6 is 35.0 Å². The van der Waals surface area contributed by atoms with E-state index in [1.807, 2.05) is 13.3 Å². The van der Waals surface area contributed by atoms with E-state index in [9.17, 15) is 4.79 Å². The number of halogens is 2. The molecule has 2 rings (SSSR count). The third-order valence-corrected chi connectivity index (χ3v) is 4.43. The highest BCUT2D eigenvalue weighted by Gasteiger charge is 2.13. The maximum Gasteiger partial charge on any atom is 0.280 e. The van der Waals surface area contributed by atoms with Crippen LogP contribution in [0.1, 0.15) is 5.56 Å². The van der Waals surface area contributed by atoms with Gasteiger partial charge in [-0.25, -0.2) is 4.98 Å². The van der Waals surface area contributed by atoms with Crippen molar-refractivity contribution in [3.05, 3.63) is 52.1 Å². The number of benzene rings is 1. The lowest BCUT2D eigenvalue weighted by Crippen LogP contribution is -3.08. The molecule has 122 valence electrons. The number of nitrogens with zero attached hydrogens (tertiary/aromatic N) is 1. The van der Waals surface area contributed by atoms with E-state index in [1.54, 1.807) is 17.8 Å². The van der Waals surface area contributed by atoms with Crippen LogP contribution in [0.25, 0.3) is 0 Å². The van der Waals surface area contributed by atoms with Crippen LogP contribution in [0.3, 0.4) is 0 Å². The van der Waals surface area contributed by atoms with Crippen molar-refractivity contribution < 1.29 is 9.69 Å². The molecule has 0 spiro atoms. The first-order valence-corrected chi connectivity index (χ1v) is 9.01. The molecule has 1 aromatic carbocycles. The molecule has 7 heteroatoms. The molecule has 0 radical (unpaired) electrons. The van der Waals surface area contributed by atoms with Crippen molar-refractivity contribution in [3.63, 3.8) is 0 Å². The van der Waals surface area contributed by atoms with E-state index in [2.05, 4.69) is 34.6 Å². The zero-order valence-corrected chi connectivity index (χ0v) is 15.2. The Morgan fingerprint density at radius 3 is 2.61 bits per heavy atom. The molecule has 2 aromatic rings. The maximum absolute atomic E-state index is 12.1. The van der Waals surface area contributed by atoms with E-state index in [0.717, 1.165) is 11.4 Å². The number of rotatable bonds is 6. The average Bonchev–Trinajstić information content (AvgIpc) is 2.50. The summed E-state index contributed by atoms with van der Waals surface area (Å²) in [5, 5.41) is 3.47. The molecule has 1 amide bonds. The lowest BCUT2D eigenvalue weighted by molar-refractivity contribution is -0.885. The Hall–Kier alpha value is -1.27. The summed E-state index contributed by atoms with van der Waals surface area (Å²) in [4.78, 5) is 18.4. The number of aromatic nitrogens is 1. The minimum atomic E-state index is -0.139. The summed E-state index contributed by atoms with van der Waals surface area (Å²) in [7, 11) is 1.97. The second-order valence-electron chi connectivity index (χ2n) is 5.19. The number of amides is 1. The molecule has 0 saturated heterocycles. The number of nitrogens with one attached hydrogen (secondary N) is 2. The molecule has 23 heavy (non-hydrogen) atoms. The van der Waals surface area contributed by atoms with Crippen molar-refractivity contribution in [3.8, 4) is 0 Å². The number of anilines is 1. The number of pyridine rings is 1. The fraction of sp³-hybridized carbons (Fsp3) is 0.250. The van der Waals surface area contributed by atoms with Gasteiger partial charge in [0, 0.05) is 16.7 Å². The Kier molecular flexibility index (Phi) is 6.72. The number of likely N-dealkylation sites (N-methyl/N-ethyl adjacent to an activating group) is 1. The molecule has 1 atom stereocenters. The number of hydrogen-bond donors (Lipinski definition) is 2. The number of thioether (sulfide) groups is 1. The van der Waals surface area contributed by atoms with Crippen LogP contribution in [0.4, 0.5) is 5.82 Å². The SMILES string of the molecule is CSc1ccc(C[NH+](C)CC(=O)Nc2ncc(Cl)cc2Cl)cc1. The smallest absolute Gasteiger partial charge is 0.280 e. The van der Waals surface area contributed by atoms with Gasteiger partial charge in [0.1, 0.15) is 6.54 Å². The molecule has 0 fully saturated rings. The first-order chi connectivity index (χ1) is 11.0. The normalized spacial score (nSPS) is 12.0. The lowest BCUT2D eigenvalue weighted by Gasteiger charge is -2.14. The van der Waals surface area contributed by atoms with Gasteiger partial charge in [0.05, 0.1) is 17.1 Å². The molecular formula is C16H18Cl2N3OS+. The standard InChI is InChI=1S/C16H17Cl2N3OS/c1-21(9-11-3-5-13(23-2)6-4-11)10-15(22)20-16-14(18)7-12(17)8-19-16/h3-8H,9-10H2,1-2H3,(H,19,20,22)/p+1. The molecule has 1 unspecified atom stereocenters. The Morgan fingerprint density at radius 2 is 2.00 bits per heavy atom. The number of hydrogen-bond acceptors (Lipinski definition) is 3. The predicted molar refractivity (Wildman–Crippen MR) is 96.6 cm³/mol. The molecule has 2 N–H and O–H groups in total. The van der Waals surface area contributed by atoms with Crippen LogP contribution in [0, 0.1) is 0 Å². The molecule has 0 saturated carbocycles. The summed E-state index contributed by atoms with van der Waals surface area (Å²) in [5.74, 6) is 0.193. The average molecular weight is 371 g/mol. The van der Waals surface area contributed by atoms with Crippen LogP contribution in [0.15, 0.2) is 41.4 Å². The van der Waals surface area contributed by atoms with Gasteiger partial charge in [-0.2, -0.15) is 0 Å². The summed E-state index contributed by atoms with van der Waals surface area (Å²) in [6.07, 6.45) is 3.50. The van der Waals surface area contributed by atoms with Crippen LogP contribution in [-0.2, 0) is 11.3 Å². The summed E-state index contributed by atoms with van der Waals surface area (Å²) in [6, 6.07) is 9.90. The predicted octanol–water partition coefficient (Wildman–Crippen LogP) is 2.76. The van der Waals surface area contributed by atoms with Gasteiger partial charge in [-0.3, -0.25) is 4.79 Å². The zero-order chi connectivity index (χ0) is 16.8. The number of carbonyl (C=O) groups excluding carboxylic acids is 1. The molecule has 4 nitrogen and oxygen atoms in total. The van der Waals surface area contributed by atoms with Crippen molar-refractivity contribution in [1.29, 1.82) is 0 Å². The molecule has 0 aliphatic heterocycles. The van der Waals surface area contributed by atoms with Crippen LogP contribution in [0.2, 0.25) is 10.0 Å². The minimum absolute atomic E-state index is 0.139. The van der Waals surface area contributed by atoms with Gasteiger partial charge in [0.15, 0.2) is 12.4 Å². The Bertz CT molecular complexity index is 680. The Morgan fingerprint density at radius 1 is 1.30 bits per heavy atom. The van der Waals surface area contributed by atoms with Crippen molar-refractivity contribution in [2.45, 2.75) is 11.4 Å². The second-order valence-corrected chi connectivity index (χ2v) is 6.91. The monoisotopic (exact) mass is 370 g/mol. The van der Waals surface area contributed by atoms with E-state index < -0.39 is 0 Å². The van der Waals surface area contributed by atoms with Gasteiger partial charge in [-0.05, 0) is 24.5 Å². The van der Waals surface area contributed by atoms with E-state index >= 15 is 0 Å². The minimum Gasteiger partial charge on any atom is -0.326 e.